The number of benzene rings is 1. The summed E-state index contributed by atoms with van der Waals surface area (Å²) in [4.78, 5) is 23.1. The van der Waals surface area contributed by atoms with Gasteiger partial charge in [0.15, 0.2) is 5.78 Å². The van der Waals surface area contributed by atoms with Crippen molar-refractivity contribution in [3.05, 3.63) is 29.3 Å². The molecule has 0 bridgehead atoms. The SMILES string of the molecule is CCC(Br)C(=O)c1ccc2c(c1)CCC(=O)N2. The molecule has 1 aromatic rings. The number of alkyl halides is 1. The van der Waals surface area contributed by atoms with E-state index in [1.807, 2.05) is 19.1 Å². The van der Waals surface area contributed by atoms with Crippen molar-refractivity contribution >= 4 is 33.3 Å². The summed E-state index contributed by atoms with van der Waals surface area (Å²) in [6.07, 6.45) is 1.98. The number of halogens is 1. The Kier molecular flexibility index (Phi) is 3.62. The van der Waals surface area contributed by atoms with Gasteiger partial charge in [0, 0.05) is 17.7 Å². The lowest BCUT2D eigenvalue weighted by Crippen LogP contribution is -2.20. The molecule has 90 valence electrons. The molecule has 17 heavy (non-hydrogen) atoms. The zero-order valence-corrected chi connectivity index (χ0v) is 11.2. The highest BCUT2D eigenvalue weighted by Crippen LogP contribution is 2.25. The number of anilines is 1. The predicted octanol–water partition coefficient (Wildman–Crippen LogP) is 2.93. The summed E-state index contributed by atoms with van der Waals surface area (Å²) < 4.78 is 0. The second kappa shape index (κ2) is 5.00. The van der Waals surface area contributed by atoms with Crippen LogP contribution < -0.4 is 5.32 Å². The molecule has 0 saturated heterocycles. The van der Waals surface area contributed by atoms with E-state index >= 15 is 0 Å². The van der Waals surface area contributed by atoms with Gasteiger partial charge in [0.25, 0.3) is 0 Å². The zero-order valence-electron chi connectivity index (χ0n) is 9.63. The minimum atomic E-state index is -0.126. The third kappa shape index (κ3) is 2.57. The van der Waals surface area contributed by atoms with Crippen LogP contribution in [0.5, 0.6) is 0 Å². The number of hydrogen-bond acceptors (Lipinski definition) is 2. The Hall–Kier alpha value is -1.16. The van der Waals surface area contributed by atoms with Crippen molar-refractivity contribution in [2.75, 3.05) is 5.32 Å². The Morgan fingerprint density at radius 2 is 2.24 bits per heavy atom. The van der Waals surface area contributed by atoms with Gasteiger partial charge in [-0.25, -0.2) is 0 Å². The summed E-state index contributed by atoms with van der Waals surface area (Å²) in [6, 6.07) is 5.48. The summed E-state index contributed by atoms with van der Waals surface area (Å²) in [5.74, 6) is 0.149. The molecule has 2 rings (SSSR count). The number of hydrogen-bond donors (Lipinski definition) is 1. The van der Waals surface area contributed by atoms with E-state index in [9.17, 15) is 9.59 Å². The Morgan fingerprint density at radius 1 is 1.47 bits per heavy atom. The van der Waals surface area contributed by atoms with Crippen molar-refractivity contribution in [1.29, 1.82) is 0 Å². The zero-order chi connectivity index (χ0) is 12.4. The first-order chi connectivity index (χ1) is 8.11. The van der Waals surface area contributed by atoms with Crippen molar-refractivity contribution < 1.29 is 9.59 Å². The predicted molar refractivity (Wildman–Crippen MR) is 70.7 cm³/mol. The molecule has 1 atom stereocenters. The van der Waals surface area contributed by atoms with Gasteiger partial charge in [-0.05, 0) is 36.6 Å². The van der Waals surface area contributed by atoms with Crippen LogP contribution >= 0.6 is 15.9 Å². The van der Waals surface area contributed by atoms with Crippen LogP contribution in [0.4, 0.5) is 5.69 Å². The van der Waals surface area contributed by atoms with Crippen LogP contribution in [0.25, 0.3) is 0 Å². The summed E-state index contributed by atoms with van der Waals surface area (Å²) in [5, 5.41) is 2.81. The van der Waals surface area contributed by atoms with Crippen molar-refractivity contribution in [1.82, 2.24) is 0 Å². The third-order valence-electron chi connectivity index (χ3n) is 2.93. The summed E-state index contributed by atoms with van der Waals surface area (Å²) >= 11 is 3.37. The minimum Gasteiger partial charge on any atom is -0.326 e. The summed E-state index contributed by atoms with van der Waals surface area (Å²) in [7, 11) is 0. The number of carbonyl (C=O) groups excluding carboxylic acids is 2. The molecule has 1 aromatic carbocycles. The van der Waals surface area contributed by atoms with Gasteiger partial charge in [0.1, 0.15) is 0 Å². The van der Waals surface area contributed by atoms with Crippen LogP contribution in [0.15, 0.2) is 18.2 Å². The van der Waals surface area contributed by atoms with E-state index in [4.69, 9.17) is 0 Å². The second-order valence-electron chi connectivity index (χ2n) is 4.16. The summed E-state index contributed by atoms with van der Waals surface area (Å²) in [6.45, 7) is 1.97. The highest BCUT2D eigenvalue weighted by atomic mass is 79.9. The Labute approximate surface area is 109 Å². The van der Waals surface area contributed by atoms with Crippen molar-refractivity contribution in [3.63, 3.8) is 0 Å². The molecule has 3 nitrogen and oxygen atoms in total. The molecule has 0 fully saturated rings. The normalized spacial score (nSPS) is 16.0. The van der Waals surface area contributed by atoms with Crippen molar-refractivity contribution in [2.45, 2.75) is 31.0 Å². The van der Waals surface area contributed by atoms with Gasteiger partial charge in [0.05, 0.1) is 4.83 Å². The van der Waals surface area contributed by atoms with Gasteiger partial charge in [0.2, 0.25) is 5.91 Å². The van der Waals surface area contributed by atoms with Crippen LogP contribution in [0.3, 0.4) is 0 Å². The Morgan fingerprint density at radius 3 is 2.94 bits per heavy atom. The molecule has 1 amide bonds. The minimum absolute atomic E-state index is 0.0449. The monoisotopic (exact) mass is 295 g/mol. The summed E-state index contributed by atoms with van der Waals surface area (Å²) in [5.41, 5.74) is 2.59. The number of fused-ring (bicyclic) bond motifs is 1. The molecule has 0 spiro atoms. The molecule has 0 aliphatic carbocycles. The van der Waals surface area contributed by atoms with Crippen molar-refractivity contribution in [2.24, 2.45) is 0 Å². The lowest BCUT2D eigenvalue weighted by molar-refractivity contribution is -0.116. The van der Waals surface area contributed by atoms with Gasteiger partial charge in [-0.3, -0.25) is 9.59 Å². The van der Waals surface area contributed by atoms with Gasteiger partial charge in [-0.15, -0.1) is 0 Å². The van der Waals surface area contributed by atoms with Crippen LogP contribution in [-0.4, -0.2) is 16.5 Å². The maximum atomic E-state index is 12.0. The van der Waals surface area contributed by atoms with E-state index < -0.39 is 0 Å². The van der Waals surface area contributed by atoms with E-state index in [2.05, 4.69) is 21.2 Å². The highest BCUT2D eigenvalue weighted by Gasteiger charge is 2.19. The first-order valence-corrected chi connectivity index (χ1v) is 6.64. The third-order valence-corrected chi connectivity index (χ3v) is 3.99. The first-order valence-electron chi connectivity index (χ1n) is 5.73. The van der Waals surface area contributed by atoms with E-state index in [0.29, 0.717) is 18.4 Å². The second-order valence-corrected chi connectivity index (χ2v) is 5.27. The van der Waals surface area contributed by atoms with Crippen molar-refractivity contribution in [3.8, 4) is 0 Å². The molecule has 0 radical (unpaired) electrons. The largest absolute Gasteiger partial charge is 0.326 e. The van der Waals surface area contributed by atoms with E-state index in [0.717, 1.165) is 17.7 Å². The smallest absolute Gasteiger partial charge is 0.224 e. The Balaban J connectivity index is 2.28. The fraction of sp³-hybridized carbons (Fsp3) is 0.385. The van der Waals surface area contributed by atoms with Crippen LogP contribution in [0, 0.1) is 0 Å². The number of nitrogens with one attached hydrogen (secondary N) is 1. The van der Waals surface area contributed by atoms with Crippen LogP contribution in [-0.2, 0) is 11.2 Å². The number of carbonyl (C=O) groups is 2. The molecule has 4 heteroatoms. The van der Waals surface area contributed by atoms with Gasteiger partial charge in [-0.1, -0.05) is 22.9 Å². The fourth-order valence-electron chi connectivity index (χ4n) is 1.90. The number of Topliss-reactive ketones (excluding diaryl/α,β-unsaturated/α-hetero) is 1. The molecular weight excluding hydrogens is 282 g/mol. The van der Waals surface area contributed by atoms with Crippen LogP contribution in [0.2, 0.25) is 0 Å². The molecule has 1 unspecified atom stereocenters. The highest BCUT2D eigenvalue weighted by molar-refractivity contribution is 9.10. The molecule has 1 aliphatic rings. The number of rotatable bonds is 3. The molecule has 0 aromatic heterocycles. The Bertz CT molecular complexity index is 470. The molecule has 1 aliphatic heterocycles. The van der Waals surface area contributed by atoms with Gasteiger partial charge >= 0.3 is 0 Å². The topological polar surface area (TPSA) is 46.2 Å². The average molecular weight is 296 g/mol. The molecular formula is C13H14BrNO2. The van der Waals surface area contributed by atoms with E-state index in [1.165, 1.54) is 0 Å². The molecule has 1 N–H and O–H groups in total. The molecule has 1 heterocycles. The van der Waals surface area contributed by atoms with Crippen LogP contribution in [0.1, 0.15) is 35.7 Å². The first kappa shape index (κ1) is 12.3. The maximum Gasteiger partial charge on any atom is 0.224 e. The lowest BCUT2D eigenvalue weighted by Gasteiger charge is -2.17. The maximum absolute atomic E-state index is 12.0. The van der Waals surface area contributed by atoms with E-state index in [-0.39, 0.29) is 16.5 Å². The number of ketones is 1. The quantitative estimate of drug-likeness (QED) is 0.688. The fourth-order valence-corrected chi connectivity index (χ4v) is 2.17. The standard InChI is InChI=1S/C13H14BrNO2/c1-2-10(14)13(17)9-3-5-11-8(7-9)4-6-12(16)15-11/h3,5,7,10H,2,4,6H2,1H3,(H,15,16). The molecule has 0 saturated carbocycles. The number of aryl methyl sites for hydroxylation is 1. The van der Waals surface area contributed by atoms with Gasteiger partial charge in [-0.2, -0.15) is 0 Å². The number of amides is 1. The van der Waals surface area contributed by atoms with Gasteiger partial charge < -0.3 is 5.32 Å². The average Bonchev–Trinajstić information content (AvgIpc) is 2.36. The van der Waals surface area contributed by atoms with E-state index in [1.54, 1.807) is 6.07 Å². The lowest BCUT2D eigenvalue weighted by atomic mass is 9.97.